The van der Waals surface area contributed by atoms with Crippen LogP contribution in [0.1, 0.15) is 42.6 Å². The van der Waals surface area contributed by atoms with Gasteiger partial charge in [-0.3, -0.25) is 4.90 Å². The smallest absolute Gasteiger partial charge is 0.159 e. The van der Waals surface area contributed by atoms with Crippen LogP contribution in [0, 0.1) is 11.6 Å². The summed E-state index contributed by atoms with van der Waals surface area (Å²) in [6.07, 6.45) is 1.11. The molecule has 0 amide bonds. The molecule has 0 aromatic heterocycles. The highest BCUT2D eigenvalue weighted by atomic mass is 19.2. The summed E-state index contributed by atoms with van der Waals surface area (Å²) in [5.41, 5.74) is 1.25. The number of halogens is 2. The zero-order valence-corrected chi connectivity index (χ0v) is 14.0. The van der Waals surface area contributed by atoms with Crippen molar-refractivity contribution in [2.75, 3.05) is 13.1 Å². The topological polar surface area (TPSA) is 43.7 Å². The number of rotatable bonds is 6. The second kappa shape index (κ2) is 8.04. The highest BCUT2D eigenvalue weighted by Crippen LogP contribution is 2.29. The van der Waals surface area contributed by atoms with E-state index in [1.807, 2.05) is 30.3 Å². The predicted molar refractivity (Wildman–Crippen MR) is 91.9 cm³/mol. The molecule has 2 aromatic rings. The minimum Gasteiger partial charge on any atom is -0.388 e. The molecule has 1 aliphatic rings. The first-order chi connectivity index (χ1) is 12.0. The first-order valence-corrected chi connectivity index (χ1v) is 8.64. The van der Waals surface area contributed by atoms with E-state index in [0.717, 1.165) is 37.1 Å². The van der Waals surface area contributed by atoms with E-state index in [1.165, 1.54) is 6.07 Å². The molecule has 0 bridgehead atoms. The van der Waals surface area contributed by atoms with Crippen LogP contribution < -0.4 is 0 Å². The Morgan fingerprint density at radius 2 is 1.72 bits per heavy atom. The van der Waals surface area contributed by atoms with Gasteiger partial charge >= 0.3 is 0 Å². The van der Waals surface area contributed by atoms with E-state index >= 15 is 0 Å². The van der Waals surface area contributed by atoms with Crippen molar-refractivity contribution in [1.29, 1.82) is 0 Å². The Hall–Kier alpha value is -1.82. The molecule has 0 saturated carbocycles. The van der Waals surface area contributed by atoms with Crippen molar-refractivity contribution < 1.29 is 19.0 Å². The van der Waals surface area contributed by atoms with Crippen LogP contribution in [0.5, 0.6) is 0 Å². The fraction of sp³-hybridized carbons (Fsp3) is 0.400. The summed E-state index contributed by atoms with van der Waals surface area (Å²) in [7, 11) is 0. The lowest BCUT2D eigenvalue weighted by molar-refractivity contribution is 0.0782. The minimum absolute atomic E-state index is 0.162. The Kier molecular flexibility index (Phi) is 5.78. The summed E-state index contributed by atoms with van der Waals surface area (Å²) >= 11 is 0. The lowest BCUT2D eigenvalue weighted by atomic mass is 10.00. The lowest BCUT2D eigenvalue weighted by Crippen LogP contribution is -2.34. The SMILES string of the molecule is OC(CC1CCCN1CC(O)c1ccc(F)c(F)c1)c1ccccc1. The number of aliphatic hydroxyl groups excluding tert-OH is 2. The zero-order valence-electron chi connectivity index (χ0n) is 14.0. The average Bonchev–Trinajstić information content (AvgIpc) is 3.04. The van der Waals surface area contributed by atoms with Crippen LogP contribution in [0.4, 0.5) is 8.78 Å². The van der Waals surface area contributed by atoms with E-state index in [9.17, 15) is 19.0 Å². The maximum absolute atomic E-state index is 13.4. The molecule has 1 heterocycles. The molecule has 2 aromatic carbocycles. The second-order valence-electron chi connectivity index (χ2n) is 6.64. The van der Waals surface area contributed by atoms with E-state index in [1.54, 1.807) is 0 Å². The summed E-state index contributed by atoms with van der Waals surface area (Å²) in [6, 6.07) is 13.2. The van der Waals surface area contributed by atoms with Crippen molar-refractivity contribution in [2.24, 2.45) is 0 Å². The van der Waals surface area contributed by atoms with Crippen molar-refractivity contribution in [2.45, 2.75) is 37.5 Å². The van der Waals surface area contributed by atoms with Crippen molar-refractivity contribution in [1.82, 2.24) is 4.90 Å². The van der Waals surface area contributed by atoms with Crippen LogP contribution in [0.2, 0.25) is 0 Å². The summed E-state index contributed by atoms with van der Waals surface area (Å²) in [4.78, 5) is 2.12. The number of benzene rings is 2. The molecule has 1 saturated heterocycles. The first kappa shape index (κ1) is 18.0. The lowest BCUT2D eigenvalue weighted by Gasteiger charge is -2.28. The molecule has 3 nitrogen and oxygen atoms in total. The first-order valence-electron chi connectivity index (χ1n) is 8.64. The monoisotopic (exact) mass is 347 g/mol. The van der Waals surface area contributed by atoms with E-state index in [-0.39, 0.29) is 6.04 Å². The molecule has 134 valence electrons. The molecule has 3 unspecified atom stereocenters. The fourth-order valence-electron chi connectivity index (χ4n) is 3.52. The molecule has 0 radical (unpaired) electrons. The summed E-state index contributed by atoms with van der Waals surface area (Å²) in [6.45, 7) is 1.17. The number of hydrogen-bond donors (Lipinski definition) is 2. The molecule has 1 fully saturated rings. The summed E-state index contributed by atoms with van der Waals surface area (Å²) < 4.78 is 26.4. The molecule has 2 N–H and O–H groups in total. The summed E-state index contributed by atoms with van der Waals surface area (Å²) in [5, 5.41) is 20.8. The second-order valence-corrected chi connectivity index (χ2v) is 6.64. The third-order valence-corrected chi connectivity index (χ3v) is 4.91. The van der Waals surface area contributed by atoms with Crippen molar-refractivity contribution in [3.05, 3.63) is 71.3 Å². The molecular weight excluding hydrogens is 324 g/mol. The van der Waals surface area contributed by atoms with Gasteiger partial charge in [0, 0.05) is 12.6 Å². The van der Waals surface area contributed by atoms with Gasteiger partial charge in [-0.05, 0) is 49.1 Å². The molecular formula is C20H23F2NO2. The van der Waals surface area contributed by atoms with Crippen LogP contribution >= 0.6 is 0 Å². The van der Waals surface area contributed by atoms with Crippen molar-refractivity contribution in [3.8, 4) is 0 Å². The van der Waals surface area contributed by atoms with Gasteiger partial charge in [-0.1, -0.05) is 36.4 Å². The van der Waals surface area contributed by atoms with E-state index in [0.29, 0.717) is 18.5 Å². The van der Waals surface area contributed by atoms with Crippen molar-refractivity contribution >= 4 is 0 Å². The number of aliphatic hydroxyl groups is 2. The molecule has 0 spiro atoms. The molecule has 25 heavy (non-hydrogen) atoms. The summed E-state index contributed by atoms with van der Waals surface area (Å²) in [5.74, 6) is -1.87. The van der Waals surface area contributed by atoms with Crippen LogP contribution in [-0.2, 0) is 0 Å². The normalized spacial score (nSPS) is 20.6. The Labute approximate surface area is 146 Å². The van der Waals surface area contributed by atoms with Crippen LogP contribution in [-0.4, -0.2) is 34.2 Å². The van der Waals surface area contributed by atoms with Gasteiger partial charge in [-0.25, -0.2) is 8.78 Å². The number of β-amino-alcohol motifs (C(OH)–C–C–N with tert-alkyl or cyclic N) is 1. The van der Waals surface area contributed by atoms with Crippen LogP contribution in [0.3, 0.4) is 0 Å². The third kappa shape index (κ3) is 4.42. The fourth-order valence-corrected chi connectivity index (χ4v) is 3.52. The van der Waals surface area contributed by atoms with E-state index in [4.69, 9.17) is 0 Å². The largest absolute Gasteiger partial charge is 0.388 e. The molecule has 3 rings (SSSR count). The Balaban J connectivity index is 1.62. The highest BCUT2D eigenvalue weighted by molar-refractivity contribution is 5.21. The van der Waals surface area contributed by atoms with Gasteiger partial charge in [0.2, 0.25) is 0 Å². The maximum atomic E-state index is 13.4. The molecule has 1 aliphatic heterocycles. The van der Waals surface area contributed by atoms with Crippen LogP contribution in [0.25, 0.3) is 0 Å². The maximum Gasteiger partial charge on any atom is 0.159 e. The Bertz CT molecular complexity index is 695. The predicted octanol–water partition coefficient (Wildman–Crippen LogP) is 3.59. The van der Waals surface area contributed by atoms with Gasteiger partial charge in [-0.2, -0.15) is 0 Å². The van der Waals surface area contributed by atoms with Crippen LogP contribution in [0.15, 0.2) is 48.5 Å². The average molecular weight is 347 g/mol. The van der Waals surface area contributed by atoms with Gasteiger partial charge in [0.25, 0.3) is 0 Å². The molecule has 3 atom stereocenters. The highest BCUT2D eigenvalue weighted by Gasteiger charge is 2.29. The standard InChI is InChI=1S/C20H23F2NO2/c21-17-9-8-15(11-18(17)22)20(25)13-23-10-4-7-16(23)12-19(24)14-5-2-1-3-6-14/h1-3,5-6,8-9,11,16,19-20,24-25H,4,7,10,12-13H2. The van der Waals surface area contributed by atoms with Gasteiger partial charge in [0.15, 0.2) is 11.6 Å². The quantitative estimate of drug-likeness (QED) is 0.839. The van der Waals surface area contributed by atoms with Gasteiger partial charge in [-0.15, -0.1) is 0 Å². The zero-order chi connectivity index (χ0) is 17.8. The molecule has 5 heteroatoms. The Morgan fingerprint density at radius 1 is 0.960 bits per heavy atom. The van der Waals surface area contributed by atoms with Gasteiger partial charge < -0.3 is 10.2 Å². The third-order valence-electron chi connectivity index (χ3n) is 4.91. The Morgan fingerprint density at radius 3 is 2.44 bits per heavy atom. The van der Waals surface area contributed by atoms with E-state index < -0.39 is 23.8 Å². The number of nitrogens with zero attached hydrogens (tertiary/aromatic N) is 1. The molecule has 0 aliphatic carbocycles. The number of likely N-dealkylation sites (tertiary alicyclic amines) is 1. The van der Waals surface area contributed by atoms with Gasteiger partial charge in [0.05, 0.1) is 12.2 Å². The van der Waals surface area contributed by atoms with E-state index in [2.05, 4.69) is 4.90 Å². The van der Waals surface area contributed by atoms with Crippen molar-refractivity contribution in [3.63, 3.8) is 0 Å². The van der Waals surface area contributed by atoms with Gasteiger partial charge in [0.1, 0.15) is 0 Å². The minimum atomic E-state index is -0.950. The number of hydrogen-bond acceptors (Lipinski definition) is 3.